The summed E-state index contributed by atoms with van der Waals surface area (Å²) in [7, 11) is -7.05. The second-order valence-electron chi connectivity index (χ2n) is 14.7. The van der Waals surface area contributed by atoms with Crippen LogP contribution in [0.3, 0.4) is 0 Å². The van der Waals surface area contributed by atoms with Crippen LogP contribution < -0.4 is 10.6 Å². The third-order valence-electron chi connectivity index (χ3n) is 10.8. The molecule has 16 nitrogen and oxygen atoms in total. The van der Waals surface area contributed by atoms with Gasteiger partial charge in [0.25, 0.3) is 0 Å². The van der Waals surface area contributed by atoms with E-state index in [1.54, 1.807) is 61.4 Å². The fourth-order valence-corrected chi connectivity index (χ4v) is 10.3. The summed E-state index contributed by atoms with van der Waals surface area (Å²) in [4.78, 5) is 27.3. The summed E-state index contributed by atoms with van der Waals surface area (Å²) in [5.74, 6) is 2.29. The maximum Gasteiger partial charge on any atom is 0.243 e. The van der Waals surface area contributed by atoms with Crippen molar-refractivity contribution in [1.82, 2.24) is 47.6 Å². The molecule has 0 saturated heterocycles. The quantitative estimate of drug-likeness (QED) is 0.0953. The third kappa shape index (κ3) is 9.79. The first-order chi connectivity index (χ1) is 30.9. The molecule has 0 amide bonds. The fourth-order valence-electron chi connectivity index (χ4n) is 7.26. The van der Waals surface area contributed by atoms with E-state index in [1.807, 2.05) is 123 Å². The summed E-state index contributed by atoms with van der Waals surface area (Å²) in [5.41, 5.74) is 5.36. The maximum atomic E-state index is 12.9. The van der Waals surface area contributed by atoms with Gasteiger partial charge in [0.05, 0.1) is 43.9 Å². The molecular weight excluding hydrogens is 849 g/mol. The molecule has 64 heavy (non-hydrogen) atoms. The first-order valence-corrected chi connectivity index (χ1v) is 24.0. The van der Waals surface area contributed by atoms with E-state index in [-0.39, 0.29) is 21.9 Å². The van der Waals surface area contributed by atoms with Gasteiger partial charge in [0, 0.05) is 38.6 Å². The van der Waals surface area contributed by atoms with Crippen molar-refractivity contribution in [2.75, 3.05) is 36.8 Å². The number of anilines is 2. The van der Waals surface area contributed by atoms with Crippen LogP contribution in [0.5, 0.6) is 0 Å². The number of hydrogen-bond acceptors (Lipinski definition) is 12. The van der Waals surface area contributed by atoms with Gasteiger partial charge in [-0.3, -0.25) is 9.13 Å². The molecule has 8 rings (SSSR count). The summed E-state index contributed by atoms with van der Waals surface area (Å²) in [5, 5.41) is 6.56. The van der Waals surface area contributed by atoms with E-state index in [2.05, 4.69) is 40.5 Å². The van der Waals surface area contributed by atoms with Crippen LogP contribution in [-0.4, -0.2) is 90.7 Å². The molecule has 4 heterocycles. The Balaban J connectivity index is 0.000000191. The fraction of sp³-hybridized carbons (Fsp3) is 0.261. The number of benzene rings is 4. The van der Waals surface area contributed by atoms with Crippen LogP contribution >= 0.6 is 0 Å². The number of rotatable bonds is 16. The van der Waals surface area contributed by atoms with Crippen molar-refractivity contribution in [2.45, 2.75) is 63.4 Å². The molecule has 0 aliphatic heterocycles. The van der Waals surface area contributed by atoms with E-state index in [0.717, 1.165) is 33.2 Å². The number of para-hydroxylation sites is 4. The molecule has 0 unspecified atom stereocenters. The molecule has 0 aliphatic carbocycles. The van der Waals surface area contributed by atoms with Crippen molar-refractivity contribution < 1.29 is 16.8 Å². The summed E-state index contributed by atoms with van der Waals surface area (Å²) in [6, 6.07) is 32.9. The number of sulfonamides is 2. The Morgan fingerprint density at radius 2 is 0.906 bits per heavy atom. The van der Waals surface area contributed by atoms with Crippen LogP contribution in [-0.2, 0) is 20.0 Å². The zero-order valence-electron chi connectivity index (χ0n) is 36.6. The topological polar surface area (TPSA) is 186 Å². The van der Waals surface area contributed by atoms with Crippen molar-refractivity contribution in [3.63, 3.8) is 0 Å². The first-order valence-electron chi connectivity index (χ1n) is 21.1. The molecule has 0 aliphatic rings. The molecular formula is C46H52N12O4S2. The average Bonchev–Trinajstić information content (AvgIpc) is 3.95. The number of nitrogens with zero attached hydrogens (tertiary/aromatic N) is 10. The molecule has 18 heteroatoms. The molecule has 4 aromatic heterocycles. The van der Waals surface area contributed by atoms with Gasteiger partial charge in [0.1, 0.15) is 24.3 Å². The monoisotopic (exact) mass is 900 g/mol. The average molecular weight is 901 g/mol. The lowest BCUT2D eigenvalue weighted by molar-refractivity contribution is 0.444. The van der Waals surface area contributed by atoms with E-state index in [4.69, 9.17) is 0 Å². The van der Waals surface area contributed by atoms with Gasteiger partial charge in [-0.2, -0.15) is 18.6 Å². The summed E-state index contributed by atoms with van der Waals surface area (Å²) < 4.78 is 58.2. The molecule has 4 aromatic carbocycles. The lowest BCUT2D eigenvalue weighted by Crippen LogP contribution is -2.30. The molecule has 2 N–H and O–H groups in total. The Labute approximate surface area is 374 Å². The van der Waals surface area contributed by atoms with Crippen LogP contribution in [0.15, 0.2) is 144 Å². The Morgan fingerprint density at radius 1 is 0.516 bits per heavy atom. The summed E-state index contributed by atoms with van der Waals surface area (Å²) in [6.45, 7) is 13.0. The third-order valence-corrected chi connectivity index (χ3v) is 14.9. The van der Waals surface area contributed by atoms with E-state index >= 15 is 0 Å². The van der Waals surface area contributed by atoms with Gasteiger partial charge in [0.2, 0.25) is 31.9 Å². The number of aromatic nitrogens is 8. The predicted octanol–water partition coefficient (Wildman–Crippen LogP) is 8.04. The lowest BCUT2D eigenvalue weighted by Gasteiger charge is -2.20. The molecule has 0 saturated carbocycles. The summed E-state index contributed by atoms with van der Waals surface area (Å²) in [6.07, 6.45) is 6.85. The Kier molecular flexibility index (Phi) is 14.1. The molecule has 2 atom stereocenters. The molecule has 0 spiro atoms. The Morgan fingerprint density at radius 3 is 1.30 bits per heavy atom. The highest BCUT2D eigenvalue weighted by atomic mass is 32.2. The standard InChI is InChI=1S/2C23H26N6O2S/c2*1-4-28(5-2)32(30,31)19-10-8-9-18(15-19)17(3)26-23-24-14-13-22(27-23)29-16-25-20-11-6-7-12-21(20)29/h2*6-17H,4-5H2,1-3H3,(H,24,26,27)/t2*17-/m10/s1. The van der Waals surface area contributed by atoms with E-state index < -0.39 is 20.0 Å². The van der Waals surface area contributed by atoms with Crippen LogP contribution in [0.25, 0.3) is 33.7 Å². The molecule has 8 aromatic rings. The van der Waals surface area contributed by atoms with Crippen LogP contribution in [0.1, 0.15) is 64.8 Å². The second-order valence-corrected chi connectivity index (χ2v) is 18.6. The van der Waals surface area contributed by atoms with Crippen LogP contribution in [0.2, 0.25) is 0 Å². The van der Waals surface area contributed by atoms with Crippen molar-refractivity contribution in [3.05, 3.63) is 145 Å². The van der Waals surface area contributed by atoms with Crippen LogP contribution in [0.4, 0.5) is 11.9 Å². The normalized spacial score (nSPS) is 12.9. The van der Waals surface area contributed by atoms with Gasteiger partial charge in [-0.1, -0.05) is 76.2 Å². The van der Waals surface area contributed by atoms with Gasteiger partial charge in [-0.15, -0.1) is 0 Å². The van der Waals surface area contributed by atoms with Crippen molar-refractivity contribution >= 4 is 54.0 Å². The zero-order valence-corrected chi connectivity index (χ0v) is 38.2. The molecule has 0 radical (unpaired) electrons. The highest BCUT2D eigenvalue weighted by Crippen LogP contribution is 2.26. The van der Waals surface area contributed by atoms with Gasteiger partial charge < -0.3 is 10.6 Å². The number of hydrogen-bond donors (Lipinski definition) is 2. The van der Waals surface area contributed by atoms with Gasteiger partial charge in [0.15, 0.2) is 0 Å². The largest absolute Gasteiger partial charge is 0.348 e. The second kappa shape index (κ2) is 19.8. The van der Waals surface area contributed by atoms with E-state index in [9.17, 15) is 16.8 Å². The van der Waals surface area contributed by atoms with Crippen molar-refractivity contribution in [2.24, 2.45) is 0 Å². The predicted molar refractivity (Wildman–Crippen MR) is 250 cm³/mol. The minimum Gasteiger partial charge on any atom is -0.348 e. The lowest BCUT2D eigenvalue weighted by atomic mass is 10.1. The first kappa shape index (κ1) is 45.4. The summed E-state index contributed by atoms with van der Waals surface area (Å²) >= 11 is 0. The minimum atomic E-state index is -3.52. The SMILES string of the molecule is CCN(CC)S(=O)(=O)c1cccc([C@@H](C)Nc2nccc(-n3cnc4ccccc43)n2)c1.CCN(CC)S(=O)(=O)c1cccc([C@H](C)Nc2nccc(-n3cnc4ccccc43)n2)c1. The van der Waals surface area contributed by atoms with E-state index in [1.165, 1.54) is 8.61 Å². The zero-order chi connectivity index (χ0) is 45.4. The highest BCUT2D eigenvalue weighted by Gasteiger charge is 2.24. The molecule has 0 bridgehead atoms. The van der Waals surface area contributed by atoms with Crippen molar-refractivity contribution in [1.29, 1.82) is 0 Å². The van der Waals surface area contributed by atoms with Gasteiger partial charge in [-0.05, 0) is 85.6 Å². The molecule has 332 valence electrons. The number of imidazole rings is 2. The Bertz CT molecular complexity index is 2870. The van der Waals surface area contributed by atoms with Crippen LogP contribution in [0, 0.1) is 0 Å². The van der Waals surface area contributed by atoms with Gasteiger partial charge in [-0.25, -0.2) is 36.8 Å². The number of fused-ring (bicyclic) bond motifs is 2. The van der Waals surface area contributed by atoms with Crippen molar-refractivity contribution in [3.8, 4) is 11.6 Å². The number of nitrogens with one attached hydrogen (secondary N) is 2. The minimum absolute atomic E-state index is 0.198. The highest BCUT2D eigenvalue weighted by molar-refractivity contribution is 7.89. The van der Waals surface area contributed by atoms with Gasteiger partial charge >= 0.3 is 0 Å². The maximum absolute atomic E-state index is 12.9. The van der Waals surface area contributed by atoms with E-state index in [0.29, 0.717) is 49.7 Å². The Hall–Kier alpha value is -6.60. The molecule has 0 fully saturated rings. The smallest absolute Gasteiger partial charge is 0.243 e.